The molecule has 1 heterocycles. The van der Waals surface area contributed by atoms with E-state index in [1.165, 1.54) is 23.4 Å². The number of halogens is 2. The van der Waals surface area contributed by atoms with Crippen molar-refractivity contribution in [2.45, 2.75) is 13.3 Å². The average molecular weight is 391 g/mol. The van der Waals surface area contributed by atoms with E-state index in [1.54, 1.807) is 12.1 Å². The minimum Gasteiger partial charge on any atom is -0.368 e. The fourth-order valence-corrected chi connectivity index (χ4v) is 3.29. The number of rotatable bonds is 3. The molecule has 3 nitrogen and oxygen atoms in total. The molecule has 0 unspecified atom stereocenters. The maximum absolute atomic E-state index is 13.2. The lowest BCUT2D eigenvalue weighted by Gasteiger charge is -2.36. The second kappa shape index (κ2) is 7.34. The van der Waals surface area contributed by atoms with Crippen LogP contribution >= 0.6 is 15.9 Å². The zero-order chi connectivity index (χ0) is 17.1. The van der Waals surface area contributed by atoms with E-state index in [4.69, 9.17) is 0 Å². The summed E-state index contributed by atoms with van der Waals surface area (Å²) < 4.78 is 14.3. The van der Waals surface area contributed by atoms with Crippen LogP contribution in [0.2, 0.25) is 0 Å². The standard InChI is InChI=1S/C19H20BrFN2O/c1-14-5-6-17(13-18(14)20)22-7-9-23(10-8-22)19(24)12-15-3-2-4-16(21)11-15/h2-6,11,13H,7-10,12H2,1H3. The van der Waals surface area contributed by atoms with Gasteiger partial charge in [-0.2, -0.15) is 0 Å². The number of aryl methyl sites for hydroxylation is 1. The summed E-state index contributed by atoms with van der Waals surface area (Å²) in [5.41, 5.74) is 3.11. The lowest BCUT2D eigenvalue weighted by Crippen LogP contribution is -2.49. The summed E-state index contributed by atoms with van der Waals surface area (Å²) in [7, 11) is 0. The monoisotopic (exact) mass is 390 g/mol. The van der Waals surface area contributed by atoms with Crippen molar-refractivity contribution in [2.75, 3.05) is 31.1 Å². The molecule has 2 aromatic rings. The van der Waals surface area contributed by atoms with Gasteiger partial charge in [-0.05, 0) is 42.3 Å². The molecule has 1 fully saturated rings. The molecule has 5 heteroatoms. The number of amides is 1. The second-order valence-corrected chi connectivity index (χ2v) is 6.96. The summed E-state index contributed by atoms with van der Waals surface area (Å²) in [4.78, 5) is 16.6. The van der Waals surface area contributed by atoms with Gasteiger partial charge >= 0.3 is 0 Å². The molecule has 3 rings (SSSR count). The zero-order valence-corrected chi connectivity index (χ0v) is 15.2. The van der Waals surface area contributed by atoms with Crippen LogP contribution in [0, 0.1) is 12.7 Å². The molecule has 0 N–H and O–H groups in total. The Bertz CT molecular complexity index is 742. The molecule has 0 atom stereocenters. The molecule has 1 amide bonds. The average Bonchev–Trinajstić information content (AvgIpc) is 2.57. The predicted molar refractivity (Wildman–Crippen MR) is 97.8 cm³/mol. The smallest absolute Gasteiger partial charge is 0.227 e. The van der Waals surface area contributed by atoms with Crippen LogP contribution in [-0.4, -0.2) is 37.0 Å². The highest BCUT2D eigenvalue weighted by molar-refractivity contribution is 9.10. The molecule has 1 aliphatic heterocycles. The van der Waals surface area contributed by atoms with Crippen molar-refractivity contribution < 1.29 is 9.18 Å². The molecule has 0 spiro atoms. The van der Waals surface area contributed by atoms with E-state index in [0.717, 1.165) is 23.1 Å². The van der Waals surface area contributed by atoms with Crippen molar-refractivity contribution in [1.29, 1.82) is 0 Å². The SMILES string of the molecule is Cc1ccc(N2CCN(C(=O)Cc3cccc(F)c3)CC2)cc1Br. The van der Waals surface area contributed by atoms with Crippen LogP contribution in [0.25, 0.3) is 0 Å². The lowest BCUT2D eigenvalue weighted by atomic mass is 10.1. The van der Waals surface area contributed by atoms with Crippen LogP contribution in [0.5, 0.6) is 0 Å². The summed E-state index contributed by atoms with van der Waals surface area (Å²) in [6.07, 6.45) is 0.258. The Hall–Kier alpha value is -1.88. The first-order chi connectivity index (χ1) is 11.5. The van der Waals surface area contributed by atoms with Crippen LogP contribution in [0.4, 0.5) is 10.1 Å². The van der Waals surface area contributed by atoms with Crippen LogP contribution in [0.3, 0.4) is 0 Å². The number of piperazine rings is 1. The predicted octanol–water partition coefficient (Wildman–Crippen LogP) is 3.79. The molecular weight excluding hydrogens is 371 g/mol. The molecule has 0 saturated carbocycles. The van der Waals surface area contributed by atoms with Crippen molar-refractivity contribution in [1.82, 2.24) is 4.90 Å². The highest BCUT2D eigenvalue weighted by atomic mass is 79.9. The Kier molecular flexibility index (Phi) is 5.19. The molecule has 0 aromatic heterocycles. The van der Waals surface area contributed by atoms with Crippen molar-refractivity contribution in [3.05, 3.63) is 63.9 Å². The van der Waals surface area contributed by atoms with Gasteiger partial charge in [0.05, 0.1) is 6.42 Å². The number of carbonyl (C=O) groups excluding carboxylic acids is 1. The van der Waals surface area contributed by atoms with E-state index in [1.807, 2.05) is 4.90 Å². The highest BCUT2D eigenvalue weighted by Gasteiger charge is 2.21. The Morgan fingerprint density at radius 3 is 2.54 bits per heavy atom. The maximum Gasteiger partial charge on any atom is 0.227 e. The van der Waals surface area contributed by atoms with Gasteiger partial charge in [-0.3, -0.25) is 4.79 Å². The molecule has 24 heavy (non-hydrogen) atoms. The first-order valence-corrected chi connectivity index (χ1v) is 8.85. The van der Waals surface area contributed by atoms with Gasteiger partial charge in [0.2, 0.25) is 5.91 Å². The van der Waals surface area contributed by atoms with Gasteiger partial charge in [0.1, 0.15) is 5.82 Å². The fourth-order valence-electron chi connectivity index (χ4n) is 2.93. The number of carbonyl (C=O) groups is 1. The van der Waals surface area contributed by atoms with Gasteiger partial charge in [-0.1, -0.05) is 34.1 Å². The third kappa shape index (κ3) is 3.96. The van der Waals surface area contributed by atoms with Gasteiger partial charge in [0, 0.05) is 36.3 Å². The quantitative estimate of drug-likeness (QED) is 0.795. The maximum atomic E-state index is 13.2. The second-order valence-electron chi connectivity index (χ2n) is 6.11. The van der Waals surface area contributed by atoms with Gasteiger partial charge in [-0.15, -0.1) is 0 Å². The van der Waals surface area contributed by atoms with Crippen LogP contribution in [-0.2, 0) is 11.2 Å². The fraction of sp³-hybridized carbons (Fsp3) is 0.316. The molecule has 126 valence electrons. The summed E-state index contributed by atoms with van der Waals surface area (Å²) in [6, 6.07) is 12.6. The molecule has 0 radical (unpaired) electrons. The first kappa shape index (κ1) is 17.0. The summed E-state index contributed by atoms with van der Waals surface area (Å²) >= 11 is 3.57. The van der Waals surface area contributed by atoms with E-state index in [2.05, 4.69) is 46.0 Å². The third-order valence-electron chi connectivity index (χ3n) is 4.40. The summed E-state index contributed by atoms with van der Waals surface area (Å²) in [5.74, 6) is -0.236. The Balaban J connectivity index is 1.58. The molecule has 0 aliphatic carbocycles. The minimum absolute atomic E-state index is 0.0605. The van der Waals surface area contributed by atoms with Gasteiger partial charge in [0.15, 0.2) is 0 Å². The van der Waals surface area contributed by atoms with Gasteiger partial charge in [0.25, 0.3) is 0 Å². The lowest BCUT2D eigenvalue weighted by molar-refractivity contribution is -0.130. The van der Waals surface area contributed by atoms with E-state index in [0.29, 0.717) is 13.1 Å². The first-order valence-electron chi connectivity index (χ1n) is 8.06. The Labute approximate surface area is 150 Å². The zero-order valence-electron chi connectivity index (χ0n) is 13.6. The molecular formula is C19H20BrFN2O. The molecule has 0 bridgehead atoms. The van der Waals surface area contributed by atoms with Gasteiger partial charge in [-0.25, -0.2) is 4.39 Å². The topological polar surface area (TPSA) is 23.6 Å². The van der Waals surface area contributed by atoms with E-state index in [9.17, 15) is 9.18 Å². The summed E-state index contributed by atoms with van der Waals surface area (Å²) in [5, 5.41) is 0. The Morgan fingerprint density at radius 2 is 1.88 bits per heavy atom. The van der Waals surface area contributed by atoms with E-state index >= 15 is 0 Å². The third-order valence-corrected chi connectivity index (χ3v) is 5.25. The molecule has 2 aromatic carbocycles. The van der Waals surface area contributed by atoms with Crippen molar-refractivity contribution in [3.63, 3.8) is 0 Å². The largest absolute Gasteiger partial charge is 0.368 e. The van der Waals surface area contributed by atoms with E-state index < -0.39 is 0 Å². The molecule has 1 aliphatic rings. The van der Waals surface area contributed by atoms with Crippen molar-refractivity contribution in [2.24, 2.45) is 0 Å². The van der Waals surface area contributed by atoms with Crippen LogP contribution in [0.1, 0.15) is 11.1 Å². The van der Waals surface area contributed by atoms with Crippen molar-refractivity contribution >= 4 is 27.5 Å². The normalized spacial score (nSPS) is 14.8. The number of nitrogens with zero attached hydrogens (tertiary/aromatic N) is 2. The van der Waals surface area contributed by atoms with Crippen molar-refractivity contribution in [3.8, 4) is 0 Å². The Morgan fingerprint density at radius 1 is 1.12 bits per heavy atom. The number of hydrogen-bond acceptors (Lipinski definition) is 2. The van der Waals surface area contributed by atoms with Crippen LogP contribution in [0.15, 0.2) is 46.9 Å². The number of benzene rings is 2. The van der Waals surface area contributed by atoms with Gasteiger partial charge < -0.3 is 9.80 Å². The van der Waals surface area contributed by atoms with E-state index in [-0.39, 0.29) is 18.1 Å². The number of anilines is 1. The summed E-state index contributed by atoms with van der Waals surface area (Å²) in [6.45, 7) is 5.07. The van der Waals surface area contributed by atoms with Crippen LogP contribution < -0.4 is 4.90 Å². The highest BCUT2D eigenvalue weighted by Crippen LogP contribution is 2.24. The molecule has 1 saturated heterocycles. The minimum atomic E-state index is -0.296. The number of hydrogen-bond donors (Lipinski definition) is 0.